The molecule has 0 unspecified atom stereocenters. The fraction of sp³-hybridized carbons (Fsp3) is 0.500. The molecule has 0 spiro atoms. The molecule has 6 heteroatoms. The van der Waals surface area contributed by atoms with Gasteiger partial charge >= 0.3 is 0 Å². The molecular weight excluding hydrogens is 350 g/mol. The van der Waals surface area contributed by atoms with Crippen LogP contribution in [0, 0.1) is 12.8 Å². The Morgan fingerprint density at radius 1 is 0.964 bits per heavy atom. The molecule has 1 aromatic carbocycles. The summed E-state index contributed by atoms with van der Waals surface area (Å²) in [5.74, 6) is 1.93. The third-order valence-corrected chi connectivity index (χ3v) is 5.63. The lowest BCUT2D eigenvalue weighted by Crippen LogP contribution is -2.31. The maximum atomic E-state index is 12.3. The zero-order chi connectivity index (χ0) is 19.3. The van der Waals surface area contributed by atoms with Gasteiger partial charge in [0.05, 0.1) is 0 Å². The van der Waals surface area contributed by atoms with Crippen molar-refractivity contribution in [3.8, 4) is 0 Å². The van der Waals surface area contributed by atoms with Crippen LogP contribution in [-0.4, -0.2) is 29.0 Å². The van der Waals surface area contributed by atoms with Crippen molar-refractivity contribution >= 4 is 29.0 Å². The second-order valence-electron chi connectivity index (χ2n) is 7.92. The Labute approximate surface area is 166 Å². The van der Waals surface area contributed by atoms with Crippen LogP contribution in [0.3, 0.4) is 0 Å². The molecule has 2 N–H and O–H groups in total. The van der Waals surface area contributed by atoms with Crippen LogP contribution >= 0.6 is 0 Å². The van der Waals surface area contributed by atoms with Crippen molar-refractivity contribution in [3.05, 3.63) is 36.0 Å². The minimum atomic E-state index is 0.149. The molecule has 148 valence electrons. The van der Waals surface area contributed by atoms with Gasteiger partial charge in [0.2, 0.25) is 11.9 Å². The lowest BCUT2D eigenvalue weighted by atomic mass is 10.1. The van der Waals surface area contributed by atoms with Gasteiger partial charge in [-0.1, -0.05) is 12.8 Å². The molecule has 28 heavy (non-hydrogen) atoms. The molecule has 2 fully saturated rings. The summed E-state index contributed by atoms with van der Waals surface area (Å²) in [7, 11) is 0. The predicted molar refractivity (Wildman–Crippen MR) is 113 cm³/mol. The summed E-state index contributed by atoms with van der Waals surface area (Å²) in [4.78, 5) is 23.9. The number of carbonyl (C=O) groups is 1. The van der Waals surface area contributed by atoms with E-state index in [2.05, 4.69) is 20.5 Å². The van der Waals surface area contributed by atoms with Crippen LogP contribution in [0.5, 0.6) is 0 Å². The van der Waals surface area contributed by atoms with E-state index >= 15 is 0 Å². The number of carbonyl (C=O) groups excluding carboxylic acids is 1. The van der Waals surface area contributed by atoms with Gasteiger partial charge in [-0.2, -0.15) is 4.98 Å². The highest BCUT2D eigenvalue weighted by Crippen LogP contribution is 2.27. The highest BCUT2D eigenvalue weighted by molar-refractivity contribution is 5.92. The van der Waals surface area contributed by atoms with E-state index in [1.54, 1.807) is 0 Å². The molecule has 2 heterocycles. The first kappa shape index (κ1) is 18.7. The number of hydrogen-bond donors (Lipinski definition) is 2. The van der Waals surface area contributed by atoms with Gasteiger partial charge < -0.3 is 15.5 Å². The molecule has 1 aliphatic carbocycles. The van der Waals surface area contributed by atoms with Crippen molar-refractivity contribution in [2.45, 2.75) is 51.9 Å². The Bertz CT molecular complexity index is 808. The van der Waals surface area contributed by atoms with Crippen LogP contribution in [0.1, 0.15) is 50.6 Å². The zero-order valence-electron chi connectivity index (χ0n) is 16.6. The van der Waals surface area contributed by atoms with Crippen LogP contribution in [0.25, 0.3) is 0 Å². The number of rotatable bonds is 5. The Balaban J connectivity index is 1.41. The summed E-state index contributed by atoms with van der Waals surface area (Å²) < 4.78 is 0. The molecule has 1 aromatic heterocycles. The van der Waals surface area contributed by atoms with Gasteiger partial charge in [-0.25, -0.2) is 4.98 Å². The number of piperidine rings is 1. The highest BCUT2D eigenvalue weighted by atomic mass is 16.1. The van der Waals surface area contributed by atoms with Crippen LogP contribution < -0.4 is 15.5 Å². The molecule has 0 bridgehead atoms. The van der Waals surface area contributed by atoms with Gasteiger partial charge in [0.25, 0.3) is 0 Å². The first-order chi connectivity index (χ1) is 13.7. The van der Waals surface area contributed by atoms with Crippen molar-refractivity contribution in [2.24, 2.45) is 5.92 Å². The maximum absolute atomic E-state index is 12.3. The SMILES string of the molecule is Cc1cc(Nc2ccc(NC(=O)C3CCCC3)cc2)nc(N2CCCCC2)n1. The monoisotopic (exact) mass is 379 g/mol. The highest BCUT2D eigenvalue weighted by Gasteiger charge is 2.22. The van der Waals surface area contributed by atoms with Gasteiger partial charge in [0.1, 0.15) is 5.82 Å². The van der Waals surface area contributed by atoms with Gasteiger partial charge in [-0.3, -0.25) is 4.79 Å². The summed E-state index contributed by atoms with van der Waals surface area (Å²) >= 11 is 0. The largest absolute Gasteiger partial charge is 0.341 e. The van der Waals surface area contributed by atoms with Crippen molar-refractivity contribution in [2.75, 3.05) is 28.6 Å². The zero-order valence-corrected chi connectivity index (χ0v) is 16.6. The van der Waals surface area contributed by atoms with E-state index in [4.69, 9.17) is 4.98 Å². The van der Waals surface area contributed by atoms with E-state index in [9.17, 15) is 4.79 Å². The Hall–Kier alpha value is -2.63. The molecule has 1 saturated carbocycles. The number of nitrogens with one attached hydrogen (secondary N) is 2. The predicted octanol–water partition coefficient (Wildman–Crippen LogP) is 4.65. The number of aryl methyl sites for hydroxylation is 1. The number of amides is 1. The number of nitrogens with zero attached hydrogens (tertiary/aromatic N) is 3. The first-order valence-corrected chi connectivity index (χ1v) is 10.5. The van der Waals surface area contributed by atoms with E-state index in [0.717, 1.165) is 54.8 Å². The first-order valence-electron chi connectivity index (χ1n) is 10.5. The third-order valence-electron chi connectivity index (χ3n) is 5.63. The minimum absolute atomic E-state index is 0.149. The number of benzene rings is 1. The van der Waals surface area contributed by atoms with Crippen molar-refractivity contribution in [3.63, 3.8) is 0 Å². The number of hydrogen-bond acceptors (Lipinski definition) is 5. The van der Waals surface area contributed by atoms with E-state index in [0.29, 0.717) is 0 Å². The van der Waals surface area contributed by atoms with Crippen LogP contribution in [0.15, 0.2) is 30.3 Å². The number of aromatic nitrogens is 2. The summed E-state index contributed by atoms with van der Waals surface area (Å²) in [5, 5.41) is 6.41. The average Bonchev–Trinajstić information content (AvgIpc) is 3.25. The molecule has 2 aromatic rings. The van der Waals surface area contributed by atoms with Gasteiger partial charge in [0, 0.05) is 42.1 Å². The molecular formula is C22H29N5O. The Morgan fingerprint density at radius 3 is 2.36 bits per heavy atom. The molecule has 4 rings (SSSR count). The second-order valence-corrected chi connectivity index (χ2v) is 7.92. The quantitative estimate of drug-likeness (QED) is 0.791. The smallest absolute Gasteiger partial charge is 0.227 e. The summed E-state index contributed by atoms with van der Waals surface area (Å²) in [6, 6.07) is 9.79. The van der Waals surface area contributed by atoms with Gasteiger partial charge in [0.15, 0.2) is 0 Å². The Kier molecular flexibility index (Phi) is 5.74. The van der Waals surface area contributed by atoms with Crippen LogP contribution in [0.2, 0.25) is 0 Å². The van der Waals surface area contributed by atoms with Crippen LogP contribution in [-0.2, 0) is 4.79 Å². The molecule has 2 aliphatic rings. The standard InChI is InChI=1S/C22H29N5O/c1-16-15-20(26-22(23-16)27-13-5-2-6-14-27)24-18-9-11-19(12-10-18)25-21(28)17-7-3-4-8-17/h9-12,15,17H,2-8,13-14H2,1H3,(H,25,28)(H,23,24,26). The average molecular weight is 380 g/mol. The van der Waals surface area contributed by atoms with E-state index < -0.39 is 0 Å². The van der Waals surface area contributed by atoms with Gasteiger partial charge in [-0.15, -0.1) is 0 Å². The molecule has 0 atom stereocenters. The van der Waals surface area contributed by atoms with Crippen molar-refractivity contribution in [1.29, 1.82) is 0 Å². The normalized spacial score (nSPS) is 17.5. The lowest BCUT2D eigenvalue weighted by Gasteiger charge is -2.27. The fourth-order valence-corrected chi connectivity index (χ4v) is 4.07. The van der Waals surface area contributed by atoms with Crippen LogP contribution in [0.4, 0.5) is 23.1 Å². The van der Waals surface area contributed by atoms with Crippen molar-refractivity contribution < 1.29 is 4.79 Å². The minimum Gasteiger partial charge on any atom is -0.341 e. The molecule has 6 nitrogen and oxygen atoms in total. The summed E-state index contributed by atoms with van der Waals surface area (Å²) in [6.45, 7) is 4.05. The summed E-state index contributed by atoms with van der Waals surface area (Å²) in [5.41, 5.74) is 2.75. The molecule has 0 radical (unpaired) electrons. The Morgan fingerprint density at radius 2 is 1.64 bits per heavy atom. The maximum Gasteiger partial charge on any atom is 0.227 e. The molecule has 1 saturated heterocycles. The van der Waals surface area contributed by atoms with E-state index in [1.165, 1.54) is 32.1 Å². The molecule has 1 amide bonds. The summed E-state index contributed by atoms with van der Waals surface area (Å²) in [6.07, 6.45) is 8.05. The number of anilines is 4. The van der Waals surface area contributed by atoms with Crippen molar-refractivity contribution in [1.82, 2.24) is 9.97 Å². The fourth-order valence-electron chi connectivity index (χ4n) is 4.07. The molecule has 1 aliphatic heterocycles. The van der Waals surface area contributed by atoms with E-state index in [-0.39, 0.29) is 11.8 Å². The topological polar surface area (TPSA) is 70.2 Å². The van der Waals surface area contributed by atoms with Gasteiger partial charge in [-0.05, 0) is 63.3 Å². The third kappa shape index (κ3) is 4.61. The van der Waals surface area contributed by atoms with E-state index in [1.807, 2.05) is 37.3 Å². The second kappa shape index (κ2) is 8.59. The lowest BCUT2D eigenvalue weighted by molar-refractivity contribution is -0.119.